The Morgan fingerprint density at radius 2 is 0.768 bits per heavy atom. The Hall–Kier alpha value is -7.94. The molecule has 82 heavy (non-hydrogen) atoms. The summed E-state index contributed by atoms with van der Waals surface area (Å²) in [5, 5.41) is 12.1. The van der Waals surface area contributed by atoms with E-state index in [0.717, 1.165) is 59.1 Å². The van der Waals surface area contributed by atoms with E-state index in [2.05, 4.69) is 45.5 Å². The Morgan fingerprint density at radius 3 is 1.09 bits per heavy atom. The Bertz CT molecular complexity index is 2800. The largest absolute Gasteiger partial charge is 0.343 e. The van der Waals surface area contributed by atoms with E-state index >= 15 is 0 Å². The number of hydrogen-bond acceptors (Lipinski definition) is 8. The molecule has 2 fully saturated rings. The van der Waals surface area contributed by atoms with Crippen LogP contribution < -0.4 is 21.3 Å². The van der Waals surface area contributed by atoms with Gasteiger partial charge in [-0.25, -0.2) is 0 Å². The summed E-state index contributed by atoms with van der Waals surface area (Å²) >= 11 is 0. The zero-order valence-electron chi connectivity index (χ0n) is 48.2. The molecule has 8 rings (SSSR count). The number of likely N-dealkylation sites (tertiary alicyclic amines) is 2. The van der Waals surface area contributed by atoms with Crippen LogP contribution in [0.3, 0.4) is 0 Å². The van der Waals surface area contributed by atoms with Crippen LogP contribution in [0.15, 0.2) is 170 Å². The fourth-order valence-corrected chi connectivity index (χ4v) is 11.2. The molecule has 6 atom stereocenters. The van der Waals surface area contributed by atoms with Gasteiger partial charge in [0, 0.05) is 62.5 Å². The molecule has 2 aliphatic heterocycles. The smallest absolute Gasteiger partial charge is 0.253 e. The number of nitrogens with zero attached hydrogens (tertiary/aromatic N) is 4. The number of amides is 6. The number of carbonyl (C=O) groups excluding carboxylic acids is 6. The number of hydrogen-bond donors (Lipinski definition) is 4. The summed E-state index contributed by atoms with van der Waals surface area (Å²) in [7, 11) is 3.44. The Balaban J connectivity index is 0.965. The molecular formula is C68H82N8O6. The second-order valence-corrected chi connectivity index (χ2v) is 22.0. The maximum Gasteiger partial charge on any atom is 0.253 e. The van der Waals surface area contributed by atoms with Crippen molar-refractivity contribution in [3.63, 3.8) is 0 Å². The van der Waals surface area contributed by atoms with Crippen LogP contribution in [0.5, 0.6) is 0 Å². The van der Waals surface area contributed by atoms with Crippen LogP contribution in [0.2, 0.25) is 0 Å². The van der Waals surface area contributed by atoms with E-state index in [9.17, 15) is 28.8 Å². The van der Waals surface area contributed by atoms with E-state index in [1.165, 1.54) is 0 Å². The molecule has 14 heteroatoms. The molecule has 0 saturated carbocycles. The van der Waals surface area contributed by atoms with Gasteiger partial charge in [0.25, 0.3) is 11.8 Å². The molecule has 6 aromatic rings. The van der Waals surface area contributed by atoms with Crippen molar-refractivity contribution in [3.8, 4) is 11.1 Å². The zero-order valence-corrected chi connectivity index (χ0v) is 48.2. The molecule has 2 heterocycles. The van der Waals surface area contributed by atoms with E-state index in [4.69, 9.17) is 0 Å². The van der Waals surface area contributed by atoms with Gasteiger partial charge in [-0.1, -0.05) is 146 Å². The fourth-order valence-electron chi connectivity index (χ4n) is 11.2. The molecule has 0 unspecified atom stereocenters. The molecule has 0 spiro atoms. The zero-order chi connectivity index (χ0) is 57.8. The van der Waals surface area contributed by atoms with Gasteiger partial charge >= 0.3 is 0 Å². The van der Waals surface area contributed by atoms with Gasteiger partial charge in [0.2, 0.25) is 23.6 Å². The van der Waals surface area contributed by atoms with Gasteiger partial charge in [-0.3, -0.25) is 28.8 Å². The number of nitrogens with one attached hydrogen (secondary N) is 4. The molecule has 0 aliphatic carbocycles. The van der Waals surface area contributed by atoms with Crippen molar-refractivity contribution < 1.29 is 28.8 Å². The number of likely N-dealkylation sites (N-methyl/N-ethyl adjacent to an activating group) is 2. The van der Waals surface area contributed by atoms with Gasteiger partial charge in [0.05, 0.1) is 12.1 Å². The van der Waals surface area contributed by atoms with Gasteiger partial charge in [-0.2, -0.15) is 0 Å². The molecule has 6 amide bonds. The van der Waals surface area contributed by atoms with Crippen molar-refractivity contribution in [2.45, 2.75) is 114 Å². The summed E-state index contributed by atoms with van der Waals surface area (Å²) in [6.07, 6.45) is 6.49. The third-order valence-corrected chi connectivity index (χ3v) is 16.4. The lowest BCUT2D eigenvalue weighted by atomic mass is 10.0. The Labute approximate surface area is 485 Å². The lowest BCUT2D eigenvalue weighted by Gasteiger charge is -2.33. The quantitative estimate of drug-likeness (QED) is 0.0402. The van der Waals surface area contributed by atoms with Gasteiger partial charge in [0.15, 0.2) is 0 Å². The average Bonchev–Trinajstić information content (AvgIpc) is 4.38. The SMILES string of the molecule is CN[C@@H](C)C(=O)N[C@@H](CCc1ccccc1)C(=O)N1CCC[C@H]1CN(CCc1ccccc1)C(=O)c1ccc(-c2ccc(C(=O)N(CCc3ccccc3)C[C@@H]3CCCN3C(=O)[C@H](CCc3ccccc3)NC(=O)[C@H](C)NC)cc2)cc1. The minimum atomic E-state index is -0.722. The highest BCUT2D eigenvalue weighted by molar-refractivity contribution is 5.96. The first-order valence-electron chi connectivity index (χ1n) is 29.4. The Morgan fingerprint density at radius 1 is 0.451 bits per heavy atom. The maximum absolute atomic E-state index is 14.7. The summed E-state index contributed by atoms with van der Waals surface area (Å²) in [6.45, 7) is 6.24. The van der Waals surface area contributed by atoms with Crippen LogP contribution in [0, 0.1) is 0 Å². The number of benzene rings is 6. The van der Waals surface area contributed by atoms with Crippen LogP contribution >= 0.6 is 0 Å². The first-order chi connectivity index (χ1) is 39.9. The summed E-state index contributed by atoms with van der Waals surface area (Å²) < 4.78 is 0. The van der Waals surface area contributed by atoms with E-state index in [1.807, 2.05) is 165 Å². The maximum atomic E-state index is 14.7. The van der Waals surface area contributed by atoms with Gasteiger partial charge in [0.1, 0.15) is 12.1 Å². The van der Waals surface area contributed by atoms with Crippen molar-refractivity contribution in [3.05, 3.63) is 203 Å². The molecule has 430 valence electrons. The molecule has 2 saturated heterocycles. The van der Waals surface area contributed by atoms with Crippen LogP contribution in [-0.2, 0) is 44.9 Å². The normalized spacial score (nSPS) is 16.4. The van der Waals surface area contributed by atoms with Crippen LogP contribution in [0.4, 0.5) is 0 Å². The van der Waals surface area contributed by atoms with E-state index in [1.54, 1.807) is 27.9 Å². The standard InChI is InChI=1S/C68H82N8O6/c1-49(69-3)63(77)71-61(39-29-51-19-9-5-10-20-51)67(81)75-43-17-27-59(75)47-73(45-41-53-23-13-7-14-24-53)65(79)57-35-31-55(32-36-57)56-33-37-58(38-34-56)66(80)74(46-42-54-25-15-8-16-26-54)48-60-28-18-44-76(60)68(82)62(72-64(78)50(2)70-4)40-30-52-21-11-6-12-22-52/h5-16,19-26,31-38,49-50,59-62,69-70H,17-18,27-30,39-48H2,1-4H3,(H,71,77)(H,72,78)/t49-,50-,59-,60-,61-,62-/m0/s1. The molecule has 0 bridgehead atoms. The number of aryl methyl sites for hydroxylation is 2. The summed E-state index contributed by atoms with van der Waals surface area (Å²) in [5.41, 5.74) is 7.21. The first-order valence-corrected chi connectivity index (χ1v) is 29.4. The molecule has 6 aromatic carbocycles. The van der Waals surface area contributed by atoms with E-state index in [0.29, 0.717) is 88.9 Å². The summed E-state index contributed by atoms with van der Waals surface area (Å²) in [4.78, 5) is 92.5. The second-order valence-electron chi connectivity index (χ2n) is 22.0. The minimum absolute atomic E-state index is 0.128. The summed E-state index contributed by atoms with van der Waals surface area (Å²) in [6, 6.07) is 52.4. The van der Waals surface area contributed by atoms with Gasteiger partial charge in [-0.05, 0) is 150 Å². The third kappa shape index (κ3) is 16.6. The fraction of sp³-hybridized carbons (Fsp3) is 0.382. The second kappa shape index (κ2) is 30.2. The molecule has 0 radical (unpaired) electrons. The third-order valence-electron chi connectivity index (χ3n) is 16.4. The predicted octanol–water partition coefficient (Wildman–Crippen LogP) is 8.16. The molecule has 0 aromatic heterocycles. The average molecular weight is 1110 g/mol. The highest BCUT2D eigenvalue weighted by Gasteiger charge is 2.38. The Kier molecular flexibility index (Phi) is 22.2. The van der Waals surface area contributed by atoms with E-state index in [-0.39, 0.29) is 47.5 Å². The number of rotatable bonds is 27. The first kappa shape index (κ1) is 60.2. The highest BCUT2D eigenvalue weighted by atomic mass is 16.2. The van der Waals surface area contributed by atoms with Crippen molar-refractivity contribution in [1.29, 1.82) is 0 Å². The topological polar surface area (TPSA) is 163 Å². The van der Waals surface area contributed by atoms with E-state index < -0.39 is 24.2 Å². The number of carbonyl (C=O) groups is 6. The highest BCUT2D eigenvalue weighted by Crippen LogP contribution is 2.27. The molecule has 14 nitrogen and oxygen atoms in total. The molecular weight excluding hydrogens is 1020 g/mol. The molecule has 4 N–H and O–H groups in total. The van der Waals surface area contributed by atoms with Crippen molar-refractivity contribution >= 4 is 35.4 Å². The van der Waals surface area contributed by atoms with Gasteiger partial charge < -0.3 is 40.9 Å². The monoisotopic (exact) mass is 1110 g/mol. The van der Waals surface area contributed by atoms with Gasteiger partial charge in [-0.15, -0.1) is 0 Å². The van der Waals surface area contributed by atoms with Crippen LogP contribution in [-0.4, -0.2) is 145 Å². The minimum Gasteiger partial charge on any atom is -0.343 e. The lowest BCUT2D eigenvalue weighted by molar-refractivity contribution is -0.138. The molecule has 2 aliphatic rings. The predicted molar refractivity (Wildman–Crippen MR) is 324 cm³/mol. The lowest BCUT2D eigenvalue weighted by Crippen LogP contribution is -2.55. The van der Waals surface area contributed by atoms with Crippen molar-refractivity contribution in [1.82, 2.24) is 40.9 Å². The van der Waals surface area contributed by atoms with Crippen molar-refractivity contribution in [2.75, 3.05) is 53.4 Å². The van der Waals surface area contributed by atoms with Crippen LogP contribution in [0.1, 0.15) is 95.3 Å². The summed E-state index contributed by atoms with van der Waals surface area (Å²) in [5.74, 6) is -0.990. The van der Waals surface area contributed by atoms with Crippen LogP contribution in [0.25, 0.3) is 11.1 Å². The van der Waals surface area contributed by atoms with Crippen molar-refractivity contribution in [2.24, 2.45) is 0 Å².